The number of Topliss-reactive ketones (excluding diaryl/α,β-unsaturated/α-hetero) is 1. The Hall–Kier alpha value is -5.68. The number of carboxylic acids is 2. The molecule has 0 aromatic heterocycles. The van der Waals surface area contributed by atoms with Crippen LogP contribution in [0.25, 0.3) is 0 Å². The number of carbonyl (C=O) groups is 8. The van der Waals surface area contributed by atoms with Crippen LogP contribution in [0.3, 0.4) is 0 Å². The first-order chi connectivity index (χ1) is 37.4. The molecule has 0 heterocycles. The van der Waals surface area contributed by atoms with Gasteiger partial charge in [-0.2, -0.15) is 0 Å². The van der Waals surface area contributed by atoms with Crippen LogP contribution < -0.4 is 5.73 Å². The number of ketones is 1. The highest BCUT2D eigenvalue weighted by atomic mass is 16.6. The van der Waals surface area contributed by atoms with E-state index in [0.29, 0.717) is 42.3 Å². The molecule has 2 aromatic carbocycles. The maximum atomic E-state index is 11.6. The highest BCUT2D eigenvalue weighted by Gasteiger charge is 2.51. The molecular weight excluding hydrogens is 1040 g/mol. The molecule has 2 bridgehead atoms. The molecule has 464 valence electrons. The van der Waals surface area contributed by atoms with Crippen LogP contribution in [0.15, 0.2) is 54.6 Å². The number of carbonyl (C=O) groups excluding carboxylic acids is 6. The number of aliphatic hydroxyl groups is 2. The van der Waals surface area contributed by atoms with E-state index in [1.807, 2.05) is 119 Å². The van der Waals surface area contributed by atoms with Gasteiger partial charge in [0.15, 0.2) is 0 Å². The molecule has 2 saturated carbocycles. The van der Waals surface area contributed by atoms with Gasteiger partial charge in [-0.25, -0.2) is 4.79 Å². The minimum absolute atomic E-state index is 0.0162. The molecule has 2 fully saturated rings. The number of fused-ring (bicyclic) bond motifs is 2. The minimum atomic E-state index is -0.865. The summed E-state index contributed by atoms with van der Waals surface area (Å²) in [7, 11) is 0. The number of rotatable bonds is 22. The molecule has 0 spiro atoms. The van der Waals surface area contributed by atoms with Crippen LogP contribution >= 0.6 is 0 Å². The van der Waals surface area contributed by atoms with E-state index in [4.69, 9.17) is 45.1 Å². The molecule has 0 radical (unpaired) electrons. The number of ether oxygens (including phenoxy) is 4. The number of primary amides is 1. The SMILES string of the molecule is CC1C2CC(C(=O)O)C(C2)C1C.CCC(C)(C)C(=O)OCCO.CCC(C)(C)C(=O)OCCOC(=O)CC(C)=O.CCC(C)(C)C(=O)OCc1ccccc1.CCC(C)(C)C(N)=O.CCC(C)O.CCC(C)c1ccc(C(=O)O)cc1. The topological polar surface area (TPSA) is 280 Å². The van der Waals surface area contributed by atoms with Crippen LogP contribution in [-0.2, 0) is 59.1 Å². The van der Waals surface area contributed by atoms with Crippen molar-refractivity contribution in [1.82, 2.24) is 0 Å². The van der Waals surface area contributed by atoms with E-state index in [2.05, 4.69) is 27.7 Å². The van der Waals surface area contributed by atoms with Gasteiger partial charge in [0.05, 0.1) is 40.4 Å². The van der Waals surface area contributed by atoms with Crippen LogP contribution in [0.1, 0.15) is 217 Å². The smallest absolute Gasteiger partial charge is 0.335 e. The third kappa shape index (κ3) is 33.1. The highest BCUT2D eigenvalue weighted by molar-refractivity contribution is 5.94. The Labute approximate surface area is 486 Å². The minimum Gasteiger partial charge on any atom is -0.481 e. The number of hydrogen-bond donors (Lipinski definition) is 5. The molecule has 4 rings (SSSR count). The van der Waals surface area contributed by atoms with E-state index in [1.165, 1.54) is 18.9 Å². The first kappa shape index (κ1) is 79.5. The number of aromatic carboxylic acids is 1. The lowest BCUT2D eigenvalue weighted by molar-refractivity contribution is -0.159. The molecule has 2 aliphatic carbocycles. The first-order valence-electron chi connectivity index (χ1n) is 28.8. The summed E-state index contributed by atoms with van der Waals surface area (Å²) >= 11 is 0. The number of nitrogens with two attached hydrogens (primary N) is 1. The van der Waals surface area contributed by atoms with Crippen molar-refractivity contribution in [2.45, 2.75) is 208 Å². The maximum absolute atomic E-state index is 11.6. The van der Waals surface area contributed by atoms with Crippen molar-refractivity contribution in [3.63, 3.8) is 0 Å². The van der Waals surface area contributed by atoms with Gasteiger partial charge >= 0.3 is 35.8 Å². The number of amides is 1. The fourth-order valence-electron chi connectivity index (χ4n) is 7.01. The average Bonchev–Trinajstić information content (AvgIpc) is 4.00. The van der Waals surface area contributed by atoms with Crippen LogP contribution in [0, 0.1) is 51.2 Å². The third-order valence-electron chi connectivity index (χ3n) is 15.5. The van der Waals surface area contributed by atoms with Crippen molar-refractivity contribution in [3.8, 4) is 0 Å². The molecule has 7 atom stereocenters. The van der Waals surface area contributed by atoms with Crippen LogP contribution in [-0.4, -0.2) is 100 Å². The van der Waals surface area contributed by atoms with Crippen molar-refractivity contribution in [2.24, 2.45) is 57.0 Å². The summed E-state index contributed by atoms with van der Waals surface area (Å²) in [6, 6.07) is 16.8. The summed E-state index contributed by atoms with van der Waals surface area (Å²) in [5, 5.41) is 34.3. The predicted octanol–water partition coefficient (Wildman–Crippen LogP) is 12.2. The Bertz CT molecular complexity index is 2150. The molecular formula is C64H107NO16. The summed E-state index contributed by atoms with van der Waals surface area (Å²) in [6.07, 6.45) is 6.71. The summed E-state index contributed by atoms with van der Waals surface area (Å²) in [4.78, 5) is 87.7. The fourth-order valence-corrected chi connectivity index (χ4v) is 7.01. The second-order valence-electron chi connectivity index (χ2n) is 23.5. The van der Waals surface area contributed by atoms with E-state index < -0.39 is 28.7 Å². The zero-order chi connectivity index (χ0) is 63.5. The number of hydrogen-bond acceptors (Lipinski definition) is 14. The number of carboxylic acid groups (broad SMARTS) is 2. The standard InChI is InChI=1S/C13H18O2.C12H20O5.C11H14O2.C10H16O2.C8H16O3.C6H13NO.C4H10O/c1-4-13(2,3)12(14)15-10-11-8-6-5-7-9-11;1-5-12(3,4)11(15)17-7-6-16-10(14)8-9(2)13;1-3-8(2)9-4-6-10(7-5-9)11(12)13;1-5-6(2)8-3-7(5)4-9(8)10(11)12;1-4-8(2,3)7(10)11-6-5-9;1-4-6(2,3)5(7)8;1-3-4(2)5/h5-9H,4,10H2,1-3H3;5-8H2,1-4H3;4-8H,3H2,1-2H3,(H,12,13);5-9H,3-4H2,1-2H3,(H,11,12);9H,4-6H2,1-3H3;4H2,1-3H3,(H2,7,8);4-5H,3H2,1-2H3. The van der Waals surface area contributed by atoms with Crippen molar-refractivity contribution in [3.05, 3.63) is 71.3 Å². The second-order valence-corrected chi connectivity index (χ2v) is 23.5. The largest absolute Gasteiger partial charge is 0.481 e. The molecule has 17 nitrogen and oxygen atoms in total. The van der Waals surface area contributed by atoms with Gasteiger partial charge in [-0.1, -0.05) is 119 Å². The lowest BCUT2D eigenvalue weighted by Crippen LogP contribution is -2.30. The lowest BCUT2D eigenvalue weighted by Gasteiger charge is -2.29. The van der Waals surface area contributed by atoms with Gasteiger partial charge in [0.25, 0.3) is 0 Å². The maximum Gasteiger partial charge on any atom is 0.335 e. The molecule has 0 aliphatic heterocycles. The van der Waals surface area contributed by atoms with Crippen LogP contribution in [0.5, 0.6) is 0 Å². The molecule has 2 aromatic rings. The molecule has 2 aliphatic rings. The highest BCUT2D eigenvalue weighted by Crippen LogP contribution is 2.54. The number of benzene rings is 2. The fraction of sp³-hybridized carbons (Fsp3) is 0.688. The lowest BCUT2D eigenvalue weighted by atomic mass is 9.76. The predicted molar refractivity (Wildman–Crippen MR) is 317 cm³/mol. The van der Waals surface area contributed by atoms with E-state index in [0.717, 1.165) is 50.0 Å². The summed E-state index contributed by atoms with van der Waals surface area (Å²) in [5.74, 6) is -0.155. The Morgan fingerprint density at radius 2 is 1.04 bits per heavy atom. The van der Waals surface area contributed by atoms with Crippen molar-refractivity contribution < 1.29 is 77.7 Å². The average molecular weight is 1150 g/mol. The van der Waals surface area contributed by atoms with Gasteiger partial charge in [-0.3, -0.25) is 33.6 Å². The number of aliphatic hydroxyl groups excluding tert-OH is 2. The molecule has 1 amide bonds. The van der Waals surface area contributed by atoms with Crippen molar-refractivity contribution >= 4 is 47.5 Å². The van der Waals surface area contributed by atoms with Gasteiger partial charge in [0.2, 0.25) is 5.91 Å². The third-order valence-corrected chi connectivity index (χ3v) is 15.5. The zero-order valence-corrected chi connectivity index (χ0v) is 52.9. The Kier molecular flexibility index (Phi) is 39.8. The molecule has 17 heteroatoms. The Morgan fingerprint density at radius 3 is 1.37 bits per heavy atom. The Balaban J connectivity index is -0.000000896. The molecule has 7 unspecified atom stereocenters. The van der Waals surface area contributed by atoms with Gasteiger partial charge in [-0.05, 0) is 160 Å². The van der Waals surface area contributed by atoms with Gasteiger partial charge < -0.3 is 45.1 Å². The normalized spacial score (nSPS) is 17.5. The van der Waals surface area contributed by atoms with Gasteiger partial charge in [-0.15, -0.1) is 0 Å². The molecule has 81 heavy (non-hydrogen) atoms. The molecule has 6 N–H and O–H groups in total. The summed E-state index contributed by atoms with van der Waals surface area (Å²) in [6.45, 7) is 36.6. The summed E-state index contributed by atoms with van der Waals surface area (Å²) in [5.41, 5.74) is 5.98. The summed E-state index contributed by atoms with van der Waals surface area (Å²) < 4.78 is 19.7. The van der Waals surface area contributed by atoms with Crippen molar-refractivity contribution in [1.29, 1.82) is 0 Å². The molecule has 0 saturated heterocycles. The van der Waals surface area contributed by atoms with E-state index in [-0.39, 0.29) is 85.3 Å². The van der Waals surface area contributed by atoms with Crippen LogP contribution in [0.4, 0.5) is 0 Å². The number of esters is 4. The van der Waals surface area contributed by atoms with Gasteiger partial charge in [0, 0.05) is 5.41 Å². The first-order valence-corrected chi connectivity index (χ1v) is 28.8. The van der Waals surface area contributed by atoms with E-state index in [1.54, 1.807) is 32.9 Å². The van der Waals surface area contributed by atoms with Gasteiger partial charge in [0.1, 0.15) is 38.6 Å². The van der Waals surface area contributed by atoms with Crippen molar-refractivity contribution in [2.75, 3.05) is 26.4 Å². The quantitative estimate of drug-likeness (QED) is 0.0317. The monoisotopic (exact) mass is 1150 g/mol. The second kappa shape index (κ2) is 40.5. The van der Waals surface area contributed by atoms with Crippen LogP contribution in [0.2, 0.25) is 0 Å². The van der Waals surface area contributed by atoms with E-state index >= 15 is 0 Å². The Morgan fingerprint density at radius 1 is 0.605 bits per heavy atom. The van der Waals surface area contributed by atoms with E-state index in [9.17, 15) is 38.4 Å². The number of aliphatic carboxylic acids is 1. The zero-order valence-electron chi connectivity index (χ0n) is 52.9.